The number of amides is 4. The van der Waals surface area contributed by atoms with E-state index in [1.165, 1.54) is 6.26 Å². The van der Waals surface area contributed by atoms with Gasteiger partial charge in [-0.1, -0.05) is 30.3 Å². The van der Waals surface area contributed by atoms with E-state index in [9.17, 15) is 14.4 Å². The van der Waals surface area contributed by atoms with Gasteiger partial charge in [0, 0.05) is 32.7 Å². The van der Waals surface area contributed by atoms with Crippen LogP contribution in [0, 0.1) is 0 Å². The maximum absolute atomic E-state index is 12.4. The van der Waals surface area contributed by atoms with Gasteiger partial charge in [-0.25, -0.2) is 4.79 Å². The molecule has 1 aliphatic rings. The number of furan rings is 1. The molecule has 0 saturated carbocycles. The quantitative estimate of drug-likeness (QED) is 0.814. The van der Waals surface area contributed by atoms with Crippen LogP contribution in [0.25, 0.3) is 0 Å². The first-order valence-electron chi connectivity index (χ1n) is 9.24. The van der Waals surface area contributed by atoms with Crippen molar-refractivity contribution >= 4 is 17.8 Å². The second-order valence-corrected chi connectivity index (χ2v) is 6.64. The molecular formula is C20H24N4O4. The molecule has 1 atom stereocenters. The van der Waals surface area contributed by atoms with Gasteiger partial charge >= 0.3 is 6.03 Å². The lowest BCUT2D eigenvalue weighted by Crippen LogP contribution is -2.56. The minimum absolute atomic E-state index is 0.151. The van der Waals surface area contributed by atoms with E-state index in [0.29, 0.717) is 38.5 Å². The first kappa shape index (κ1) is 19.6. The van der Waals surface area contributed by atoms with Crippen LogP contribution in [-0.2, 0) is 11.3 Å². The van der Waals surface area contributed by atoms with E-state index in [1.807, 2.05) is 35.2 Å². The summed E-state index contributed by atoms with van der Waals surface area (Å²) >= 11 is 0. The Bertz CT molecular complexity index is 799. The summed E-state index contributed by atoms with van der Waals surface area (Å²) in [6, 6.07) is 11.8. The predicted molar refractivity (Wildman–Crippen MR) is 102 cm³/mol. The molecule has 1 aromatic heterocycles. The standard InChI is InChI=1S/C20H24N4O4/c1-15(18(25)22-20(27)21-14-16-6-3-2-4-7-16)23-9-11-24(12-10-23)19(26)17-8-5-13-28-17/h2-8,13,15H,9-12,14H2,1H3,(H2,21,22,25,27)/t15-/m0/s1. The molecule has 2 heterocycles. The Morgan fingerprint density at radius 3 is 2.39 bits per heavy atom. The van der Waals surface area contributed by atoms with Gasteiger partial charge in [-0.2, -0.15) is 0 Å². The van der Waals surface area contributed by atoms with Crippen molar-refractivity contribution in [3.63, 3.8) is 0 Å². The zero-order valence-electron chi connectivity index (χ0n) is 15.8. The number of carbonyl (C=O) groups is 3. The topological polar surface area (TPSA) is 94.9 Å². The number of urea groups is 1. The van der Waals surface area contributed by atoms with Crippen LogP contribution in [0.2, 0.25) is 0 Å². The molecule has 28 heavy (non-hydrogen) atoms. The smallest absolute Gasteiger partial charge is 0.321 e. The van der Waals surface area contributed by atoms with Gasteiger partial charge in [0.15, 0.2) is 5.76 Å². The molecule has 3 rings (SSSR count). The van der Waals surface area contributed by atoms with Gasteiger partial charge in [0.1, 0.15) is 0 Å². The molecule has 4 amide bonds. The third-order valence-corrected chi connectivity index (χ3v) is 4.79. The van der Waals surface area contributed by atoms with Crippen molar-refractivity contribution in [3.05, 3.63) is 60.1 Å². The normalized spacial score (nSPS) is 15.7. The molecule has 0 unspecified atom stereocenters. The lowest BCUT2D eigenvalue weighted by atomic mass is 10.2. The molecule has 2 N–H and O–H groups in total. The third-order valence-electron chi connectivity index (χ3n) is 4.79. The van der Waals surface area contributed by atoms with Gasteiger partial charge in [0.25, 0.3) is 5.91 Å². The zero-order chi connectivity index (χ0) is 19.9. The lowest BCUT2D eigenvalue weighted by molar-refractivity contribution is -0.125. The van der Waals surface area contributed by atoms with Crippen LogP contribution in [0.3, 0.4) is 0 Å². The summed E-state index contributed by atoms with van der Waals surface area (Å²) in [5.41, 5.74) is 0.954. The van der Waals surface area contributed by atoms with E-state index in [1.54, 1.807) is 24.0 Å². The van der Waals surface area contributed by atoms with Crippen molar-refractivity contribution in [1.82, 2.24) is 20.4 Å². The molecule has 1 saturated heterocycles. The Hall–Kier alpha value is -3.13. The van der Waals surface area contributed by atoms with Crippen LogP contribution >= 0.6 is 0 Å². The monoisotopic (exact) mass is 384 g/mol. The average Bonchev–Trinajstić information content (AvgIpc) is 3.27. The van der Waals surface area contributed by atoms with Crippen LogP contribution in [0.5, 0.6) is 0 Å². The molecule has 1 fully saturated rings. The van der Waals surface area contributed by atoms with Crippen LogP contribution in [-0.4, -0.2) is 59.9 Å². The van der Waals surface area contributed by atoms with Gasteiger partial charge in [-0.3, -0.25) is 19.8 Å². The molecule has 0 bridgehead atoms. The number of piperazine rings is 1. The molecule has 0 radical (unpaired) electrons. The van der Waals surface area contributed by atoms with Crippen molar-refractivity contribution < 1.29 is 18.8 Å². The molecule has 8 heteroatoms. The number of hydrogen-bond donors (Lipinski definition) is 2. The minimum Gasteiger partial charge on any atom is -0.459 e. The van der Waals surface area contributed by atoms with Crippen LogP contribution in [0.1, 0.15) is 23.0 Å². The van der Waals surface area contributed by atoms with E-state index in [4.69, 9.17) is 4.42 Å². The van der Waals surface area contributed by atoms with Crippen molar-refractivity contribution in [3.8, 4) is 0 Å². The fourth-order valence-corrected chi connectivity index (χ4v) is 3.07. The summed E-state index contributed by atoms with van der Waals surface area (Å²) in [6.07, 6.45) is 1.47. The highest BCUT2D eigenvalue weighted by Gasteiger charge is 2.29. The number of imide groups is 1. The van der Waals surface area contributed by atoms with Crippen molar-refractivity contribution in [2.45, 2.75) is 19.5 Å². The number of nitrogens with one attached hydrogen (secondary N) is 2. The number of benzene rings is 1. The summed E-state index contributed by atoms with van der Waals surface area (Å²) in [4.78, 5) is 40.3. The van der Waals surface area contributed by atoms with E-state index in [-0.39, 0.29) is 11.8 Å². The first-order valence-corrected chi connectivity index (χ1v) is 9.24. The predicted octanol–water partition coefficient (Wildman–Crippen LogP) is 1.45. The Labute approximate surface area is 163 Å². The van der Waals surface area contributed by atoms with Gasteiger partial charge in [-0.15, -0.1) is 0 Å². The summed E-state index contributed by atoms with van der Waals surface area (Å²) < 4.78 is 5.15. The number of rotatable bonds is 5. The number of hydrogen-bond acceptors (Lipinski definition) is 5. The minimum atomic E-state index is -0.521. The zero-order valence-corrected chi connectivity index (χ0v) is 15.8. The maximum atomic E-state index is 12.4. The highest BCUT2D eigenvalue weighted by molar-refractivity contribution is 5.96. The maximum Gasteiger partial charge on any atom is 0.321 e. The van der Waals surface area contributed by atoms with Crippen molar-refractivity contribution in [2.24, 2.45) is 0 Å². The molecule has 1 aromatic carbocycles. The highest BCUT2D eigenvalue weighted by atomic mass is 16.3. The fraction of sp³-hybridized carbons (Fsp3) is 0.350. The third kappa shape index (κ3) is 4.98. The van der Waals surface area contributed by atoms with Crippen LogP contribution < -0.4 is 10.6 Å². The van der Waals surface area contributed by atoms with Gasteiger partial charge in [0.2, 0.25) is 5.91 Å². The first-order chi connectivity index (χ1) is 13.5. The van der Waals surface area contributed by atoms with Crippen molar-refractivity contribution in [1.29, 1.82) is 0 Å². The number of carbonyl (C=O) groups excluding carboxylic acids is 3. The van der Waals surface area contributed by atoms with Gasteiger partial charge in [0.05, 0.1) is 12.3 Å². The molecule has 148 valence electrons. The summed E-state index contributed by atoms with van der Waals surface area (Å²) in [5.74, 6) is -0.201. The van der Waals surface area contributed by atoms with Crippen molar-refractivity contribution in [2.75, 3.05) is 26.2 Å². The Balaban J connectivity index is 1.42. The average molecular weight is 384 g/mol. The molecule has 0 aliphatic carbocycles. The highest BCUT2D eigenvalue weighted by Crippen LogP contribution is 2.11. The van der Waals surface area contributed by atoms with E-state index < -0.39 is 12.1 Å². The Morgan fingerprint density at radius 1 is 1.04 bits per heavy atom. The summed E-state index contributed by atoms with van der Waals surface area (Å²) in [7, 11) is 0. The SMILES string of the molecule is C[C@@H](C(=O)NC(=O)NCc1ccccc1)N1CCN(C(=O)c2ccco2)CC1. The largest absolute Gasteiger partial charge is 0.459 e. The molecular weight excluding hydrogens is 360 g/mol. The second-order valence-electron chi connectivity index (χ2n) is 6.64. The Morgan fingerprint density at radius 2 is 1.75 bits per heavy atom. The molecule has 2 aromatic rings. The number of nitrogens with zero attached hydrogens (tertiary/aromatic N) is 2. The lowest BCUT2D eigenvalue weighted by Gasteiger charge is -2.36. The van der Waals surface area contributed by atoms with Gasteiger partial charge < -0.3 is 14.6 Å². The van der Waals surface area contributed by atoms with E-state index in [2.05, 4.69) is 10.6 Å². The van der Waals surface area contributed by atoms with Crippen LogP contribution in [0.15, 0.2) is 53.1 Å². The van der Waals surface area contributed by atoms with E-state index in [0.717, 1.165) is 5.56 Å². The molecule has 8 nitrogen and oxygen atoms in total. The fourth-order valence-electron chi connectivity index (χ4n) is 3.07. The van der Waals surface area contributed by atoms with Crippen LogP contribution in [0.4, 0.5) is 4.79 Å². The molecule has 0 spiro atoms. The molecule has 1 aliphatic heterocycles. The second kappa shape index (κ2) is 9.18. The Kier molecular flexibility index (Phi) is 6.44. The summed E-state index contributed by atoms with van der Waals surface area (Å²) in [6.45, 7) is 4.19. The summed E-state index contributed by atoms with van der Waals surface area (Å²) in [5, 5.41) is 5.05. The van der Waals surface area contributed by atoms with Gasteiger partial charge in [-0.05, 0) is 24.6 Å². The van der Waals surface area contributed by atoms with E-state index >= 15 is 0 Å².